The highest BCUT2D eigenvalue weighted by molar-refractivity contribution is 7.17. The highest BCUT2D eigenvalue weighted by Crippen LogP contribution is 2.30. The van der Waals surface area contributed by atoms with E-state index in [2.05, 4.69) is 4.98 Å². The lowest BCUT2D eigenvalue weighted by Gasteiger charge is -2.17. The fourth-order valence-electron chi connectivity index (χ4n) is 2.68. The Hall–Kier alpha value is -2.66. The number of benzene rings is 2. The largest absolute Gasteiger partial charge is 0.494 e. The standard InChI is InChI=1S/C21H22N2O2S/c1-5-25-18-11-9-16(10-12-18)20-22-15(3)19(26-20)21(24)23(4)17-8-6-7-14(2)13-17/h6-13H,5H2,1-4H3. The summed E-state index contributed by atoms with van der Waals surface area (Å²) in [6.07, 6.45) is 0. The number of amides is 1. The van der Waals surface area contributed by atoms with Gasteiger partial charge in [0, 0.05) is 18.3 Å². The van der Waals surface area contributed by atoms with Crippen molar-refractivity contribution in [3.05, 3.63) is 64.7 Å². The van der Waals surface area contributed by atoms with Crippen LogP contribution < -0.4 is 9.64 Å². The van der Waals surface area contributed by atoms with E-state index in [1.807, 2.05) is 69.3 Å². The third kappa shape index (κ3) is 3.78. The minimum Gasteiger partial charge on any atom is -0.494 e. The summed E-state index contributed by atoms with van der Waals surface area (Å²) in [4.78, 5) is 19.9. The second-order valence-corrected chi connectivity index (χ2v) is 7.09. The molecule has 0 atom stereocenters. The van der Waals surface area contributed by atoms with Crippen LogP contribution in [0.15, 0.2) is 48.5 Å². The Labute approximate surface area is 158 Å². The van der Waals surface area contributed by atoms with Gasteiger partial charge in [0.15, 0.2) is 0 Å². The normalized spacial score (nSPS) is 10.6. The van der Waals surface area contributed by atoms with Crippen LogP contribution in [-0.4, -0.2) is 24.5 Å². The van der Waals surface area contributed by atoms with E-state index in [0.29, 0.717) is 11.5 Å². The van der Waals surface area contributed by atoms with Crippen LogP contribution in [0, 0.1) is 13.8 Å². The molecule has 0 radical (unpaired) electrons. The molecular weight excluding hydrogens is 344 g/mol. The molecule has 1 heterocycles. The van der Waals surface area contributed by atoms with Gasteiger partial charge in [-0.2, -0.15) is 0 Å². The van der Waals surface area contributed by atoms with Crippen molar-refractivity contribution in [2.24, 2.45) is 0 Å². The zero-order valence-electron chi connectivity index (χ0n) is 15.4. The third-order valence-corrected chi connectivity index (χ3v) is 5.29. The summed E-state index contributed by atoms with van der Waals surface area (Å²) in [5.41, 5.74) is 3.74. The van der Waals surface area contributed by atoms with E-state index < -0.39 is 0 Å². The molecule has 2 aromatic carbocycles. The minimum atomic E-state index is -0.0391. The predicted molar refractivity (Wildman–Crippen MR) is 107 cm³/mol. The third-order valence-electron chi connectivity index (χ3n) is 4.10. The molecule has 3 rings (SSSR count). The van der Waals surface area contributed by atoms with Crippen molar-refractivity contribution >= 4 is 22.9 Å². The first kappa shape index (κ1) is 18.1. The average Bonchev–Trinajstić information content (AvgIpc) is 3.03. The monoisotopic (exact) mass is 366 g/mol. The van der Waals surface area contributed by atoms with Crippen molar-refractivity contribution in [3.63, 3.8) is 0 Å². The molecule has 0 fully saturated rings. The maximum Gasteiger partial charge on any atom is 0.270 e. The number of nitrogens with zero attached hydrogens (tertiary/aromatic N) is 2. The summed E-state index contributed by atoms with van der Waals surface area (Å²) in [5.74, 6) is 0.794. The van der Waals surface area contributed by atoms with Gasteiger partial charge in [-0.1, -0.05) is 12.1 Å². The van der Waals surface area contributed by atoms with Crippen LogP contribution in [-0.2, 0) is 0 Å². The molecule has 26 heavy (non-hydrogen) atoms. The van der Waals surface area contributed by atoms with E-state index in [1.54, 1.807) is 11.9 Å². The van der Waals surface area contributed by atoms with Crippen molar-refractivity contribution in [1.29, 1.82) is 0 Å². The fourth-order valence-corrected chi connectivity index (χ4v) is 3.73. The second kappa shape index (κ2) is 7.70. The first-order valence-corrected chi connectivity index (χ1v) is 9.36. The molecule has 0 unspecified atom stereocenters. The highest BCUT2D eigenvalue weighted by Gasteiger charge is 2.20. The van der Waals surface area contributed by atoms with Crippen LogP contribution in [0.4, 0.5) is 5.69 Å². The number of anilines is 1. The Morgan fingerprint density at radius 1 is 1.15 bits per heavy atom. The van der Waals surface area contributed by atoms with Crippen molar-refractivity contribution < 1.29 is 9.53 Å². The summed E-state index contributed by atoms with van der Waals surface area (Å²) in [5, 5.41) is 0.839. The molecule has 0 spiro atoms. The smallest absolute Gasteiger partial charge is 0.270 e. The van der Waals surface area contributed by atoms with Crippen LogP contribution in [0.1, 0.15) is 27.9 Å². The van der Waals surface area contributed by atoms with E-state index in [4.69, 9.17) is 4.74 Å². The molecule has 1 aromatic heterocycles. The van der Waals surface area contributed by atoms with Crippen LogP contribution in [0.3, 0.4) is 0 Å². The summed E-state index contributed by atoms with van der Waals surface area (Å²) in [6, 6.07) is 15.7. The molecule has 0 N–H and O–H groups in total. The van der Waals surface area contributed by atoms with Crippen molar-refractivity contribution in [1.82, 2.24) is 4.98 Å². The Morgan fingerprint density at radius 3 is 2.54 bits per heavy atom. The van der Waals surface area contributed by atoms with Crippen LogP contribution >= 0.6 is 11.3 Å². The number of carbonyl (C=O) groups excluding carboxylic acids is 1. The van der Waals surface area contributed by atoms with E-state index >= 15 is 0 Å². The van der Waals surface area contributed by atoms with Gasteiger partial charge in [0.2, 0.25) is 0 Å². The lowest BCUT2D eigenvalue weighted by Crippen LogP contribution is -2.26. The molecule has 0 bridgehead atoms. The van der Waals surface area contributed by atoms with Crippen LogP contribution in [0.2, 0.25) is 0 Å². The zero-order chi connectivity index (χ0) is 18.7. The van der Waals surface area contributed by atoms with Gasteiger partial charge >= 0.3 is 0 Å². The SMILES string of the molecule is CCOc1ccc(-c2nc(C)c(C(=O)N(C)c3cccc(C)c3)s2)cc1. The van der Waals surface area contributed by atoms with Gasteiger partial charge in [0.1, 0.15) is 15.6 Å². The number of aryl methyl sites for hydroxylation is 2. The van der Waals surface area contributed by atoms with E-state index in [1.165, 1.54) is 11.3 Å². The van der Waals surface area contributed by atoms with E-state index in [0.717, 1.165) is 33.3 Å². The first-order chi connectivity index (χ1) is 12.5. The maximum atomic E-state index is 12.9. The molecule has 0 saturated heterocycles. The number of thiazole rings is 1. The molecule has 0 aliphatic carbocycles. The summed E-state index contributed by atoms with van der Waals surface area (Å²) in [6.45, 7) is 6.50. The second-order valence-electron chi connectivity index (χ2n) is 6.09. The molecule has 1 amide bonds. The van der Waals surface area contributed by atoms with Gasteiger partial charge in [-0.3, -0.25) is 4.79 Å². The lowest BCUT2D eigenvalue weighted by atomic mass is 10.2. The molecule has 0 aliphatic heterocycles. The number of aromatic nitrogens is 1. The Balaban J connectivity index is 1.86. The van der Waals surface area contributed by atoms with Gasteiger partial charge in [0.25, 0.3) is 5.91 Å². The van der Waals surface area contributed by atoms with E-state index in [-0.39, 0.29) is 5.91 Å². The highest BCUT2D eigenvalue weighted by atomic mass is 32.1. The number of carbonyl (C=O) groups is 1. The molecule has 134 valence electrons. The lowest BCUT2D eigenvalue weighted by molar-refractivity contribution is 0.0996. The van der Waals surface area contributed by atoms with Gasteiger partial charge in [-0.25, -0.2) is 4.98 Å². The minimum absolute atomic E-state index is 0.0391. The molecule has 0 saturated carbocycles. The summed E-state index contributed by atoms with van der Waals surface area (Å²) < 4.78 is 5.48. The molecule has 4 nitrogen and oxygen atoms in total. The van der Waals surface area contributed by atoms with Gasteiger partial charge in [-0.05, 0) is 62.7 Å². The maximum absolute atomic E-state index is 12.9. The molecule has 3 aromatic rings. The van der Waals surface area contributed by atoms with Gasteiger partial charge < -0.3 is 9.64 Å². The topological polar surface area (TPSA) is 42.4 Å². The number of ether oxygens (including phenoxy) is 1. The average molecular weight is 366 g/mol. The summed E-state index contributed by atoms with van der Waals surface area (Å²) in [7, 11) is 1.80. The molecule has 0 aliphatic rings. The van der Waals surface area contributed by atoms with Crippen LogP contribution in [0.25, 0.3) is 10.6 Å². The van der Waals surface area contributed by atoms with Crippen molar-refractivity contribution in [2.45, 2.75) is 20.8 Å². The molecule has 5 heteroatoms. The first-order valence-electron chi connectivity index (χ1n) is 8.55. The Bertz CT molecular complexity index is 916. The number of hydrogen-bond acceptors (Lipinski definition) is 4. The zero-order valence-corrected chi connectivity index (χ0v) is 16.3. The Kier molecular flexibility index (Phi) is 5.38. The predicted octanol–water partition coefficient (Wildman–Crippen LogP) is 5.10. The quantitative estimate of drug-likeness (QED) is 0.631. The Morgan fingerprint density at radius 2 is 1.88 bits per heavy atom. The van der Waals surface area contributed by atoms with Crippen molar-refractivity contribution in [2.75, 3.05) is 18.6 Å². The van der Waals surface area contributed by atoms with Gasteiger partial charge in [-0.15, -0.1) is 11.3 Å². The fraction of sp³-hybridized carbons (Fsp3) is 0.238. The number of rotatable bonds is 5. The number of hydrogen-bond donors (Lipinski definition) is 0. The molecular formula is C21H22N2O2S. The van der Waals surface area contributed by atoms with E-state index in [9.17, 15) is 4.79 Å². The summed E-state index contributed by atoms with van der Waals surface area (Å²) >= 11 is 1.42. The van der Waals surface area contributed by atoms with Gasteiger partial charge in [0.05, 0.1) is 12.3 Å². The van der Waals surface area contributed by atoms with Crippen LogP contribution in [0.5, 0.6) is 5.75 Å². The van der Waals surface area contributed by atoms with Crippen molar-refractivity contribution in [3.8, 4) is 16.3 Å².